The van der Waals surface area contributed by atoms with Crippen LogP contribution in [-0.4, -0.2) is 112 Å². The normalized spacial score (nSPS) is 19.1. The van der Waals surface area contributed by atoms with Gasteiger partial charge in [0.05, 0.1) is 17.1 Å². The van der Waals surface area contributed by atoms with E-state index in [-0.39, 0.29) is 82.1 Å². The van der Waals surface area contributed by atoms with Crippen LogP contribution in [-0.2, 0) is 20.9 Å². The third-order valence-electron chi connectivity index (χ3n) is 14.1. The Morgan fingerprint density at radius 3 is 2.32 bits per heavy atom. The van der Waals surface area contributed by atoms with Crippen LogP contribution < -0.4 is 10.2 Å². The molecule has 0 bridgehead atoms. The number of amides is 4. The predicted molar refractivity (Wildman–Crippen MR) is 243 cm³/mol. The Bertz CT molecular complexity index is 2730. The Kier molecular flexibility index (Phi) is 12.6. The number of carbonyl (C=O) groups excluding carboxylic acids is 4. The summed E-state index contributed by atoms with van der Waals surface area (Å²) in [7, 11) is 3.14. The van der Waals surface area contributed by atoms with Gasteiger partial charge in [-0.15, -0.1) is 0 Å². The minimum atomic E-state index is -0.693. The minimum Gasteiger partial charge on any atom is -0.369 e. The van der Waals surface area contributed by atoms with Gasteiger partial charge >= 0.3 is 0 Å². The molecule has 6 heterocycles. The van der Waals surface area contributed by atoms with E-state index in [1.165, 1.54) is 23.1 Å². The molecule has 4 amide bonds. The molecule has 346 valence electrons. The average molecular weight is 907 g/mol. The summed E-state index contributed by atoms with van der Waals surface area (Å²) in [5.74, 6) is -4.23. The molecule has 5 aromatic rings. The first-order valence-electron chi connectivity index (χ1n) is 22.9. The first kappa shape index (κ1) is 44.9. The third kappa shape index (κ3) is 8.86. The van der Waals surface area contributed by atoms with Crippen LogP contribution >= 0.6 is 0 Å². The summed E-state index contributed by atoms with van der Waals surface area (Å²) in [5.41, 5.74) is 3.22. The molecule has 0 saturated carbocycles. The Labute approximate surface area is 380 Å². The number of aromatic nitrogens is 3. The van der Waals surface area contributed by atoms with Gasteiger partial charge in [0.1, 0.15) is 23.1 Å². The second-order valence-electron chi connectivity index (χ2n) is 18.4. The standard InChI is InChI=1S/C50H54F4N8O4/c1-29-22-37(33-7-8-45(63)57-49(33)65)40(51)24-34(29)30-9-17-59(18-10-30)32-11-19-60(20-12-32)44-27-41(52)38(25-42(44)53)36-23-35(47(54)48-39(36)26-43(56-48)50(66)58(2)3)31-6-4-15-61(28-31)46(64)13-21-62-16-5-14-55-62/h5-6,14,16,22-27,30,32-33,56H,4,7-13,15,17-21,28H2,1-3H3,(H,57,63,65). The van der Waals surface area contributed by atoms with Gasteiger partial charge in [0, 0.05) is 106 Å². The number of imide groups is 1. The number of halogens is 4. The Morgan fingerprint density at radius 2 is 1.61 bits per heavy atom. The Balaban J connectivity index is 0.894. The van der Waals surface area contributed by atoms with Gasteiger partial charge in [0.25, 0.3) is 5.91 Å². The molecule has 0 radical (unpaired) electrons. The van der Waals surface area contributed by atoms with Gasteiger partial charge in [-0.25, -0.2) is 17.6 Å². The molecule has 1 atom stereocenters. The lowest BCUT2D eigenvalue weighted by molar-refractivity contribution is -0.134. The fourth-order valence-corrected chi connectivity index (χ4v) is 10.5. The van der Waals surface area contributed by atoms with Gasteiger partial charge < -0.3 is 24.6 Å². The van der Waals surface area contributed by atoms with E-state index >= 15 is 17.6 Å². The number of nitrogens with one attached hydrogen (secondary N) is 2. The van der Waals surface area contributed by atoms with Crippen molar-refractivity contribution in [2.75, 3.05) is 58.3 Å². The Morgan fingerprint density at radius 1 is 0.833 bits per heavy atom. The van der Waals surface area contributed by atoms with Gasteiger partial charge in [0.15, 0.2) is 5.82 Å². The topological polar surface area (TPSA) is 127 Å². The molecular weight excluding hydrogens is 853 g/mol. The van der Waals surface area contributed by atoms with Crippen LogP contribution in [0.1, 0.15) is 95.9 Å². The van der Waals surface area contributed by atoms with Crippen molar-refractivity contribution in [2.24, 2.45) is 0 Å². The second-order valence-corrected chi connectivity index (χ2v) is 18.4. The lowest BCUT2D eigenvalue weighted by Crippen LogP contribution is -2.47. The number of rotatable bonds is 10. The number of fused-ring (bicyclic) bond motifs is 1. The molecule has 3 fully saturated rings. The fourth-order valence-electron chi connectivity index (χ4n) is 10.5. The van der Waals surface area contributed by atoms with E-state index in [1.807, 2.05) is 17.9 Å². The van der Waals surface area contributed by atoms with Crippen molar-refractivity contribution in [3.8, 4) is 11.1 Å². The highest BCUT2D eigenvalue weighted by atomic mass is 19.1. The number of hydrogen-bond acceptors (Lipinski definition) is 7. The second kappa shape index (κ2) is 18.5. The molecule has 2 N–H and O–H groups in total. The molecule has 3 saturated heterocycles. The molecule has 0 aliphatic carbocycles. The van der Waals surface area contributed by atoms with E-state index in [1.54, 1.807) is 54.3 Å². The average Bonchev–Trinajstić information content (AvgIpc) is 4.02. The number of nitrogens with zero attached hydrogens (tertiary/aromatic N) is 6. The number of piperidine rings is 3. The fraction of sp³-hybridized carbons (Fsp3) is 0.420. The maximum absolute atomic E-state index is 16.6. The Hall–Kier alpha value is -6.29. The molecule has 4 aliphatic heterocycles. The summed E-state index contributed by atoms with van der Waals surface area (Å²) < 4.78 is 66.7. The number of likely N-dealkylation sites (tertiary alicyclic amines) is 1. The van der Waals surface area contributed by atoms with Crippen LogP contribution in [0.3, 0.4) is 0 Å². The number of H-pyrrole nitrogens is 1. The third-order valence-corrected chi connectivity index (χ3v) is 14.1. The zero-order valence-electron chi connectivity index (χ0n) is 37.4. The first-order chi connectivity index (χ1) is 31.7. The van der Waals surface area contributed by atoms with Crippen molar-refractivity contribution < 1.29 is 36.7 Å². The highest BCUT2D eigenvalue weighted by molar-refractivity contribution is 6.05. The summed E-state index contributed by atoms with van der Waals surface area (Å²) in [6, 6.07) is 10.7. The minimum absolute atomic E-state index is 0.0179. The van der Waals surface area contributed by atoms with Crippen LogP contribution in [0.4, 0.5) is 23.2 Å². The maximum atomic E-state index is 16.6. The molecular formula is C50H54F4N8O4. The lowest BCUT2D eigenvalue weighted by Gasteiger charge is -2.42. The van der Waals surface area contributed by atoms with Crippen LogP contribution in [0.15, 0.2) is 60.9 Å². The molecule has 66 heavy (non-hydrogen) atoms. The van der Waals surface area contributed by atoms with Crippen LogP contribution in [0, 0.1) is 30.2 Å². The van der Waals surface area contributed by atoms with Crippen molar-refractivity contribution in [2.45, 2.75) is 82.7 Å². The molecule has 9 rings (SSSR count). The molecule has 3 aromatic carbocycles. The maximum Gasteiger partial charge on any atom is 0.269 e. The highest BCUT2D eigenvalue weighted by Crippen LogP contribution is 2.41. The summed E-state index contributed by atoms with van der Waals surface area (Å²) >= 11 is 0. The van der Waals surface area contributed by atoms with E-state index in [2.05, 4.69) is 20.3 Å². The van der Waals surface area contributed by atoms with E-state index in [9.17, 15) is 19.2 Å². The summed E-state index contributed by atoms with van der Waals surface area (Å²) in [4.78, 5) is 60.7. The summed E-state index contributed by atoms with van der Waals surface area (Å²) in [6.45, 7) is 5.57. The number of anilines is 1. The SMILES string of the molecule is Cc1cc(C2CCC(=O)NC2=O)c(F)cc1C1CCN(C2CCN(c3cc(F)c(-c4cc(C5=CCCN(C(=O)CCn6cccn6)C5)c(F)c5[nH]c(C(=O)N(C)C)cc45)cc3F)CC2)CC1. The van der Waals surface area contributed by atoms with E-state index in [4.69, 9.17) is 0 Å². The smallest absolute Gasteiger partial charge is 0.269 e. The van der Waals surface area contributed by atoms with Crippen molar-refractivity contribution >= 4 is 45.8 Å². The number of aromatic amines is 1. The van der Waals surface area contributed by atoms with Gasteiger partial charge in [-0.3, -0.25) is 29.2 Å². The highest BCUT2D eigenvalue weighted by Gasteiger charge is 2.34. The van der Waals surface area contributed by atoms with Crippen molar-refractivity contribution in [3.63, 3.8) is 0 Å². The number of carbonyl (C=O) groups is 4. The molecule has 4 aliphatic rings. The molecule has 1 unspecified atom stereocenters. The summed E-state index contributed by atoms with van der Waals surface area (Å²) in [5, 5.41) is 6.72. The van der Waals surface area contributed by atoms with E-state index in [0.29, 0.717) is 50.2 Å². The largest absolute Gasteiger partial charge is 0.369 e. The number of hydrogen-bond donors (Lipinski definition) is 2. The number of benzene rings is 3. The predicted octanol–water partition coefficient (Wildman–Crippen LogP) is 7.67. The van der Waals surface area contributed by atoms with Crippen LogP contribution in [0.25, 0.3) is 27.6 Å². The zero-order chi connectivity index (χ0) is 46.4. The number of aryl methyl sites for hydroxylation is 2. The lowest BCUT2D eigenvalue weighted by atomic mass is 9.82. The van der Waals surface area contributed by atoms with E-state index < -0.39 is 41.0 Å². The molecule has 0 spiro atoms. The van der Waals surface area contributed by atoms with Crippen molar-refractivity contribution in [1.82, 2.24) is 34.8 Å². The quantitative estimate of drug-likeness (QED) is 0.109. The monoisotopic (exact) mass is 906 g/mol. The van der Waals surface area contributed by atoms with Crippen molar-refractivity contribution in [3.05, 3.63) is 112 Å². The van der Waals surface area contributed by atoms with Crippen LogP contribution in [0.5, 0.6) is 0 Å². The van der Waals surface area contributed by atoms with Gasteiger partial charge in [-0.2, -0.15) is 5.10 Å². The zero-order valence-corrected chi connectivity index (χ0v) is 37.4. The molecule has 12 nitrogen and oxygen atoms in total. The van der Waals surface area contributed by atoms with Gasteiger partial charge in [-0.1, -0.05) is 12.1 Å². The first-order valence-corrected chi connectivity index (χ1v) is 22.9. The van der Waals surface area contributed by atoms with Gasteiger partial charge in [-0.05, 0) is 117 Å². The molecule has 2 aromatic heterocycles. The van der Waals surface area contributed by atoms with Crippen molar-refractivity contribution in [1.29, 1.82) is 0 Å². The molecule has 16 heteroatoms. The van der Waals surface area contributed by atoms with Crippen LogP contribution in [0.2, 0.25) is 0 Å². The van der Waals surface area contributed by atoms with Gasteiger partial charge in [0.2, 0.25) is 17.7 Å². The van der Waals surface area contributed by atoms with E-state index in [0.717, 1.165) is 56.0 Å². The summed E-state index contributed by atoms with van der Waals surface area (Å²) in [6.07, 6.45) is 9.60.